The van der Waals surface area contributed by atoms with Crippen molar-refractivity contribution in [1.82, 2.24) is 0 Å². The van der Waals surface area contributed by atoms with E-state index in [9.17, 15) is 4.39 Å². The van der Waals surface area contributed by atoms with Crippen molar-refractivity contribution in [3.63, 3.8) is 0 Å². The molecule has 0 bridgehead atoms. The number of rotatable bonds is 3. The van der Waals surface area contributed by atoms with Crippen LogP contribution in [0.15, 0.2) is 18.2 Å². The highest BCUT2D eigenvalue weighted by Gasteiger charge is 2.20. The zero-order chi connectivity index (χ0) is 10.8. The Kier molecular flexibility index (Phi) is 3.08. The molecule has 1 aromatic carbocycles. The second-order valence-corrected chi connectivity index (χ2v) is 5.08. The molecule has 0 aromatic heterocycles. The van der Waals surface area contributed by atoms with E-state index in [0.717, 1.165) is 12.0 Å². The molecule has 0 aliphatic heterocycles. The minimum atomic E-state index is -0.0354. The molecule has 0 heterocycles. The average Bonchev–Trinajstić information content (AvgIpc) is 2.07. The summed E-state index contributed by atoms with van der Waals surface area (Å²) in [6, 6.07) is 5.69. The first-order valence-corrected chi connectivity index (χ1v) is 5.95. The summed E-state index contributed by atoms with van der Waals surface area (Å²) in [4.78, 5) is 0. The van der Waals surface area contributed by atoms with Gasteiger partial charge in [0.15, 0.2) is 0 Å². The monoisotopic (exact) mass is 206 g/mol. The molecule has 0 atom stereocenters. The van der Waals surface area contributed by atoms with Crippen LogP contribution >= 0.6 is 0 Å². The zero-order valence-electron chi connectivity index (χ0n) is 9.59. The van der Waals surface area contributed by atoms with Crippen molar-refractivity contribution < 1.29 is 4.39 Å². The van der Waals surface area contributed by atoms with Gasteiger partial charge in [-0.05, 0) is 48.3 Å². The highest BCUT2D eigenvalue weighted by Crippen LogP contribution is 2.37. The fourth-order valence-electron chi connectivity index (χ4n) is 2.19. The smallest absolute Gasteiger partial charge is 0.126 e. The molecule has 1 heteroatoms. The van der Waals surface area contributed by atoms with E-state index in [-0.39, 0.29) is 5.82 Å². The summed E-state index contributed by atoms with van der Waals surface area (Å²) >= 11 is 0. The molecule has 1 aromatic rings. The molecular formula is C14H19F. The summed E-state index contributed by atoms with van der Waals surface area (Å²) in [6.45, 7) is 4.27. The maximum absolute atomic E-state index is 13.5. The van der Waals surface area contributed by atoms with Gasteiger partial charge in [0, 0.05) is 0 Å². The molecule has 0 saturated heterocycles. The Hall–Kier alpha value is -0.850. The van der Waals surface area contributed by atoms with Gasteiger partial charge >= 0.3 is 0 Å². The summed E-state index contributed by atoms with van der Waals surface area (Å²) in [7, 11) is 0. The molecule has 0 radical (unpaired) electrons. The summed E-state index contributed by atoms with van der Waals surface area (Å²) in [5.74, 6) is 1.19. The van der Waals surface area contributed by atoms with E-state index in [1.165, 1.54) is 24.8 Å². The zero-order valence-corrected chi connectivity index (χ0v) is 9.59. The van der Waals surface area contributed by atoms with Crippen molar-refractivity contribution in [2.24, 2.45) is 5.92 Å². The third-order valence-corrected chi connectivity index (χ3v) is 3.27. The molecule has 2 rings (SSSR count). The summed E-state index contributed by atoms with van der Waals surface area (Å²) in [5.41, 5.74) is 2.24. The SMILES string of the molecule is CC(C)Cc1cc(C2CCC2)ccc1F. The lowest BCUT2D eigenvalue weighted by Crippen LogP contribution is -2.10. The molecule has 15 heavy (non-hydrogen) atoms. The van der Waals surface area contributed by atoms with Crippen molar-refractivity contribution >= 4 is 0 Å². The van der Waals surface area contributed by atoms with E-state index in [4.69, 9.17) is 0 Å². The Labute approximate surface area is 91.5 Å². The van der Waals surface area contributed by atoms with Gasteiger partial charge in [0.25, 0.3) is 0 Å². The largest absolute Gasteiger partial charge is 0.207 e. The molecule has 0 amide bonds. The number of halogens is 1. The Morgan fingerprint density at radius 1 is 1.33 bits per heavy atom. The lowest BCUT2D eigenvalue weighted by atomic mass is 9.79. The minimum Gasteiger partial charge on any atom is -0.207 e. The predicted molar refractivity (Wildman–Crippen MR) is 61.5 cm³/mol. The maximum atomic E-state index is 13.5. The second-order valence-electron chi connectivity index (χ2n) is 5.08. The Balaban J connectivity index is 2.19. The highest BCUT2D eigenvalue weighted by atomic mass is 19.1. The normalized spacial score (nSPS) is 16.8. The van der Waals surface area contributed by atoms with Gasteiger partial charge in [0.1, 0.15) is 5.82 Å². The third kappa shape index (κ3) is 2.39. The van der Waals surface area contributed by atoms with Gasteiger partial charge in [-0.25, -0.2) is 4.39 Å². The van der Waals surface area contributed by atoms with Crippen molar-refractivity contribution in [3.8, 4) is 0 Å². The number of hydrogen-bond donors (Lipinski definition) is 0. The van der Waals surface area contributed by atoms with Gasteiger partial charge < -0.3 is 0 Å². The van der Waals surface area contributed by atoms with Gasteiger partial charge in [-0.3, -0.25) is 0 Å². The molecule has 0 unspecified atom stereocenters. The molecule has 1 fully saturated rings. The van der Waals surface area contributed by atoms with Gasteiger partial charge in [0.05, 0.1) is 0 Å². The van der Waals surface area contributed by atoms with Crippen molar-refractivity contribution in [3.05, 3.63) is 35.1 Å². The Morgan fingerprint density at radius 3 is 2.60 bits per heavy atom. The first-order valence-electron chi connectivity index (χ1n) is 5.95. The topological polar surface area (TPSA) is 0 Å². The van der Waals surface area contributed by atoms with Crippen LogP contribution in [0, 0.1) is 11.7 Å². The van der Waals surface area contributed by atoms with Crippen LogP contribution in [0.4, 0.5) is 4.39 Å². The van der Waals surface area contributed by atoms with Gasteiger partial charge in [-0.1, -0.05) is 32.4 Å². The molecule has 0 spiro atoms. The van der Waals surface area contributed by atoms with E-state index >= 15 is 0 Å². The van der Waals surface area contributed by atoms with Crippen molar-refractivity contribution in [2.75, 3.05) is 0 Å². The molecule has 1 aliphatic rings. The highest BCUT2D eigenvalue weighted by molar-refractivity contribution is 5.29. The summed E-state index contributed by atoms with van der Waals surface area (Å²) in [6.07, 6.45) is 4.76. The molecule has 1 saturated carbocycles. The Morgan fingerprint density at radius 2 is 2.07 bits per heavy atom. The fourth-order valence-corrected chi connectivity index (χ4v) is 2.19. The molecule has 1 aliphatic carbocycles. The van der Waals surface area contributed by atoms with E-state index in [0.29, 0.717) is 11.8 Å². The van der Waals surface area contributed by atoms with Crippen LogP contribution in [0.25, 0.3) is 0 Å². The quantitative estimate of drug-likeness (QED) is 0.692. The number of benzene rings is 1. The van der Waals surface area contributed by atoms with Gasteiger partial charge in [-0.2, -0.15) is 0 Å². The van der Waals surface area contributed by atoms with E-state index in [1.807, 2.05) is 6.07 Å². The summed E-state index contributed by atoms with van der Waals surface area (Å²) in [5, 5.41) is 0. The predicted octanol–water partition coefficient (Wildman–Crippen LogP) is 4.29. The van der Waals surface area contributed by atoms with E-state index < -0.39 is 0 Å². The first-order chi connectivity index (χ1) is 7.16. The van der Waals surface area contributed by atoms with E-state index in [1.54, 1.807) is 6.07 Å². The van der Waals surface area contributed by atoms with Crippen molar-refractivity contribution in [2.45, 2.75) is 45.4 Å². The van der Waals surface area contributed by atoms with Crippen LogP contribution in [0.2, 0.25) is 0 Å². The van der Waals surface area contributed by atoms with Crippen LogP contribution in [0.3, 0.4) is 0 Å². The first kappa shape index (κ1) is 10.7. The minimum absolute atomic E-state index is 0.0354. The van der Waals surface area contributed by atoms with Gasteiger partial charge in [-0.15, -0.1) is 0 Å². The molecular weight excluding hydrogens is 187 g/mol. The van der Waals surface area contributed by atoms with Crippen LogP contribution in [-0.2, 0) is 6.42 Å². The fraction of sp³-hybridized carbons (Fsp3) is 0.571. The van der Waals surface area contributed by atoms with Crippen molar-refractivity contribution in [1.29, 1.82) is 0 Å². The van der Waals surface area contributed by atoms with E-state index in [2.05, 4.69) is 19.9 Å². The van der Waals surface area contributed by atoms with Gasteiger partial charge in [0.2, 0.25) is 0 Å². The van der Waals surface area contributed by atoms with Crippen LogP contribution in [-0.4, -0.2) is 0 Å². The van der Waals surface area contributed by atoms with Crippen LogP contribution < -0.4 is 0 Å². The standard InChI is InChI=1S/C14H19F/c1-10(2)8-13-9-12(6-7-14(13)15)11-4-3-5-11/h6-7,9-11H,3-5,8H2,1-2H3. The third-order valence-electron chi connectivity index (χ3n) is 3.27. The Bertz CT molecular complexity index is 337. The molecule has 0 N–H and O–H groups in total. The lowest BCUT2D eigenvalue weighted by molar-refractivity contribution is 0.418. The van der Waals surface area contributed by atoms with Crippen LogP contribution in [0.1, 0.15) is 50.2 Å². The maximum Gasteiger partial charge on any atom is 0.126 e. The average molecular weight is 206 g/mol. The lowest BCUT2D eigenvalue weighted by Gasteiger charge is -2.26. The van der Waals surface area contributed by atoms with Crippen LogP contribution in [0.5, 0.6) is 0 Å². The molecule has 0 nitrogen and oxygen atoms in total. The second kappa shape index (κ2) is 4.34. The number of hydrogen-bond acceptors (Lipinski definition) is 0. The molecule has 82 valence electrons. The summed E-state index contributed by atoms with van der Waals surface area (Å²) < 4.78 is 13.5.